The molecule has 6 aromatic rings. The van der Waals surface area contributed by atoms with E-state index < -0.39 is 5.82 Å². The molecule has 0 saturated heterocycles. The van der Waals surface area contributed by atoms with Crippen LogP contribution in [0.1, 0.15) is 36.7 Å². The van der Waals surface area contributed by atoms with Crippen LogP contribution in [-0.2, 0) is 13.0 Å². The van der Waals surface area contributed by atoms with E-state index >= 15 is 0 Å². The second-order valence-corrected chi connectivity index (χ2v) is 9.98. The lowest BCUT2D eigenvalue weighted by Crippen LogP contribution is -2.24. The molecule has 0 aliphatic carbocycles. The molecule has 0 atom stereocenters. The molecule has 0 saturated carbocycles. The molecule has 8 heteroatoms. The number of hydrogen-bond acceptors (Lipinski definition) is 5. The summed E-state index contributed by atoms with van der Waals surface area (Å²) in [4.78, 5) is 23.0. The smallest absolute Gasteiger partial charge is 0.263 e. The number of phenols is 1. The SMILES string of the molecule is CCCCc1ncnc2c1c(-c1cc(O)cc(F)c1)nn2Cc1cc2ccccc2c(=O)n1-c1ccccc1C. The van der Waals surface area contributed by atoms with Crippen molar-refractivity contribution in [3.63, 3.8) is 0 Å². The van der Waals surface area contributed by atoms with Gasteiger partial charge in [-0.25, -0.2) is 19.0 Å². The zero-order valence-electron chi connectivity index (χ0n) is 22.3. The first-order chi connectivity index (χ1) is 19.4. The van der Waals surface area contributed by atoms with Gasteiger partial charge in [0.15, 0.2) is 5.65 Å². The van der Waals surface area contributed by atoms with Gasteiger partial charge in [-0.2, -0.15) is 5.10 Å². The number of aryl methyl sites for hydroxylation is 2. The van der Waals surface area contributed by atoms with E-state index in [1.807, 2.05) is 61.5 Å². The monoisotopic (exact) mass is 533 g/mol. The molecule has 3 aromatic heterocycles. The number of halogens is 1. The van der Waals surface area contributed by atoms with E-state index in [0.717, 1.165) is 46.9 Å². The number of rotatable bonds is 7. The first-order valence-electron chi connectivity index (χ1n) is 13.3. The molecule has 0 fully saturated rings. The molecule has 7 nitrogen and oxygen atoms in total. The van der Waals surface area contributed by atoms with Crippen molar-refractivity contribution in [3.05, 3.63) is 112 Å². The number of phenolic OH excluding ortho intramolecular Hbond substituents is 1. The lowest BCUT2D eigenvalue weighted by Gasteiger charge is -2.17. The van der Waals surface area contributed by atoms with Crippen molar-refractivity contribution in [2.24, 2.45) is 0 Å². The van der Waals surface area contributed by atoms with Crippen LogP contribution in [0.4, 0.5) is 4.39 Å². The number of unbranched alkanes of at least 4 members (excludes halogenated alkanes) is 1. The van der Waals surface area contributed by atoms with Crippen LogP contribution in [-0.4, -0.2) is 29.4 Å². The number of aromatic hydroxyl groups is 1. The van der Waals surface area contributed by atoms with Crippen molar-refractivity contribution in [2.75, 3.05) is 0 Å². The fraction of sp³-hybridized carbons (Fsp3) is 0.188. The summed E-state index contributed by atoms with van der Waals surface area (Å²) >= 11 is 0. The summed E-state index contributed by atoms with van der Waals surface area (Å²) < 4.78 is 17.9. The lowest BCUT2D eigenvalue weighted by molar-refractivity contribution is 0.469. The Morgan fingerprint density at radius 1 is 0.975 bits per heavy atom. The van der Waals surface area contributed by atoms with Gasteiger partial charge in [-0.05, 0) is 61.0 Å². The van der Waals surface area contributed by atoms with Gasteiger partial charge >= 0.3 is 0 Å². The van der Waals surface area contributed by atoms with E-state index in [9.17, 15) is 14.3 Å². The Morgan fingerprint density at radius 3 is 2.58 bits per heavy atom. The van der Waals surface area contributed by atoms with Crippen LogP contribution in [0, 0.1) is 12.7 Å². The van der Waals surface area contributed by atoms with Crippen LogP contribution in [0.5, 0.6) is 5.75 Å². The Hall–Kier alpha value is -4.85. The van der Waals surface area contributed by atoms with Crippen molar-refractivity contribution in [2.45, 2.75) is 39.7 Å². The summed E-state index contributed by atoms with van der Waals surface area (Å²) in [6.07, 6.45) is 4.13. The highest BCUT2D eigenvalue weighted by molar-refractivity contribution is 5.93. The van der Waals surface area contributed by atoms with E-state index in [1.165, 1.54) is 18.5 Å². The molecule has 0 aliphatic heterocycles. The van der Waals surface area contributed by atoms with Crippen LogP contribution in [0.25, 0.3) is 38.8 Å². The molecule has 3 aromatic carbocycles. The zero-order valence-corrected chi connectivity index (χ0v) is 22.3. The average molecular weight is 534 g/mol. The van der Waals surface area contributed by atoms with Gasteiger partial charge in [0.1, 0.15) is 23.6 Å². The Labute approximate surface area is 230 Å². The maximum atomic E-state index is 14.4. The molecular formula is C32H28FN5O2. The van der Waals surface area contributed by atoms with Gasteiger partial charge in [0.05, 0.1) is 23.3 Å². The van der Waals surface area contributed by atoms with Gasteiger partial charge in [-0.15, -0.1) is 0 Å². The van der Waals surface area contributed by atoms with Gasteiger partial charge < -0.3 is 5.11 Å². The Morgan fingerprint density at radius 2 is 1.77 bits per heavy atom. The molecule has 0 amide bonds. The van der Waals surface area contributed by atoms with Gasteiger partial charge in [-0.1, -0.05) is 49.7 Å². The highest BCUT2D eigenvalue weighted by Gasteiger charge is 2.21. The van der Waals surface area contributed by atoms with Gasteiger partial charge in [0.2, 0.25) is 0 Å². The minimum atomic E-state index is -0.562. The third-order valence-electron chi connectivity index (χ3n) is 7.20. The molecule has 200 valence electrons. The predicted molar refractivity (Wildman–Crippen MR) is 154 cm³/mol. The number of hydrogen-bond donors (Lipinski definition) is 1. The normalized spacial score (nSPS) is 11.5. The zero-order chi connectivity index (χ0) is 27.8. The minimum absolute atomic E-state index is 0.118. The topological polar surface area (TPSA) is 85.8 Å². The molecule has 0 aliphatic rings. The summed E-state index contributed by atoms with van der Waals surface area (Å²) in [5, 5.41) is 17.2. The second-order valence-electron chi connectivity index (χ2n) is 9.98. The Balaban J connectivity index is 1.61. The molecule has 0 bridgehead atoms. The summed E-state index contributed by atoms with van der Waals surface area (Å²) in [7, 11) is 0. The van der Waals surface area contributed by atoms with Crippen molar-refractivity contribution < 1.29 is 9.50 Å². The first-order valence-corrected chi connectivity index (χ1v) is 13.3. The Kier molecular flexibility index (Phi) is 6.59. The molecule has 0 radical (unpaired) electrons. The van der Waals surface area contributed by atoms with Crippen LogP contribution < -0.4 is 5.56 Å². The van der Waals surface area contributed by atoms with E-state index in [1.54, 1.807) is 9.25 Å². The summed E-state index contributed by atoms with van der Waals surface area (Å²) in [6, 6.07) is 21.2. The fourth-order valence-corrected chi connectivity index (χ4v) is 5.29. The Bertz CT molecular complexity index is 1920. The number of fused-ring (bicyclic) bond motifs is 2. The molecular weight excluding hydrogens is 505 g/mol. The van der Waals surface area contributed by atoms with Crippen LogP contribution in [0.2, 0.25) is 0 Å². The molecule has 6 rings (SSSR count). The van der Waals surface area contributed by atoms with Crippen molar-refractivity contribution >= 4 is 21.8 Å². The van der Waals surface area contributed by atoms with Crippen LogP contribution >= 0.6 is 0 Å². The van der Waals surface area contributed by atoms with Crippen LogP contribution in [0.15, 0.2) is 83.9 Å². The quantitative estimate of drug-likeness (QED) is 0.259. The summed E-state index contributed by atoms with van der Waals surface area (Å²) in [5.41, 5.74) is 4.68. The lowest BCUT2D eigenvalue weighted by atomic mass is 10.0. The third kappa shape index (κ3) is 4.51. The summed E-state index contributed by atoms with van der Waals surface area (Å²) in [6.45, 7) is 4.32. The van der Waals surface area contributed by atoms with Crippen LogP contribution in [0.3, 0.4) is 0 Å². The van der Waals surface area contributed by atoms with Gasteiger partial charge in [0, 0.05) is 22.7 Å². The van der Waals surface area contributed by atoms with Crippen molar-refractivity contribution in [1.29, 1.82) is 0 Å². The van der Waals surface area contributed by atoms with E-state index in [0.29, 0.717) is 34.1 Å². The number of para-hydroxylation sites is 1. The highest BCUT2D eigenvalue weighted by Crippen LogP contribution is 2.33. The first kappa shape index (κ1) is 25.4. The molecule has 40 heavy (non-hydrogen) atoms. The van der Waals surface area contributed by atoms with Crippen molar-refractivity contribution in [3.8, 4) is 22.7 Å². The van der Waals surface area contributed by atoms with Gasteiger partial charge in [0.25, 0.3) is 5.56 Å². The summed E-state index contributed by atoms with van der Waals surface area (Å²) in [5.74, 6) is -0.750. The van der Waals surface area contributed by atoms with E-state index in [-0.39, 0.29) is 17.9 Å². The second kappa shape index (κ2) is 10.4. The largest absolute Gasteiger partial charge is 0.508 e. The number of aromatic nitrogens is 5. The standard InChI is InChI=1S/C32H28FN5O2/c1-3-4-12-27-29-30(22-14-23(33)17-25(39)16-22)36-37(31(29)35-19-34-27)18-24-15-21-10-6-7-11-26(21)32(40)38(24)28-13-8-5-9-20(28)2/h5-11,13-17,19,39H,3-4,12,18H2,1-2H3. The van der Waals surface area contributed by atoms with E-state index in [2.05, 4.69) is 16.9 Å². The maximum absolute atomic E-state index is 14.4. The molecule has 3 heterocycles. The number of nitrogens with zero attached hydrogens (tertiary/aromatic N) is 5. The molecule has 1 N–H and O–H groups in total. The number of benzene rings is 3. The highest BCUT2D eigenvalue weighted by atomic mass is 19.1. The predicted octanol–water partition coefficient (Wildman–Crippen LogP) is 6.34. The van der Waals surface area contributed by atoms with E-state index in [4.69, 9.17) is 5.10 Å². The molecule has 0 unspecified atom stereocenters. The van der Waals surface area contributed by atoms with Crippen molar-refractivity contribution in [1.82, 2.24) is 24.3 Å². The average Bonchev–Trinajstić information content (AvgIpc) is 3.31. The molecule has 0 spiro atoms. The third-order valence-corrected chi connectivity index (χ3v) is 7.20. The minimum Gasteiger partial charge on any atom is -0.508 e. The number of pyridine rings is 1. The maximum Gasteiger partial charge on any atom is 0.263 e. The fourth-order valence-electron chi connectivity index (χ4n) is 5.29. The van der Waals surface area contributed by atoms with Gasteiger partial charge in [-0.3, -0.25) is 9.36 Å².